The van der Waals surface area contributed by atoms with Gasteiger partial charge in [0.25, 0.3) is 0 Å². The Hall–Kier alpha value is -0.510. The smallest absolute Gasteiger partial charge is 0.330 e. The third kappa shape index (κ3) is 8.58. The summed E-state index contributed by atoms with van der Waals surface area (Å²) in [5.74, 6) is 0.0928. The van der Waals surface area contributed by atoms with Gasteiger partial charge in [-0.05, 0) is 127 Å². The highest BCUT2D eigenvalue weighted by molar-refractivity contribution is 14.1. The van der Waals surface area contributed by atoms with Crippen LogP contribution in [0.5, 0.6) is 17.2 Å². The number of esters is 2. The van der Waals surface area contributed by atoms with Gasteiger partial charge in [-0.25, -0.2) is 4.79 Å². The van der Waals surface area contributed by atoms with Crippen molar-refractivity contribution in [3.63, 3.8) is 0 Å². The molecule has 0 spiro atoms. The van der Waals surface area contributed by atoms with Crippen molar-refractivity contribution in [2.45, 2.75) is 12.5 Å². The summed E-state index contributed by atoms with van der Waals surface area (Å²) >= 11 is 8.44. The molecule has 0 fully saturated rings. The zero-order valence-corrected chi connectivity index (χ0v) is 25.8. The molecular formula is C20H19I4N3O6. The van der Waals surface area contributed by atoms with Crippen molar-refractivity contribution in [1.29, 1.82) is 0 Å². The highest BCUT2D eigenvalue weighted by atomic mass is 127. The van der Waals surface area contributed by atoms with Crippen LogP contribution in [0.15, 0.2) is 24.3 Å². The topological polar surface area (TPSA) is 143 Å². The SMILES string of the molecule is COC(=O)[C@@H](N)Cc1cc(I)c(Oc2cc(I)c(OC(=O)CNC(=O)CN)c(I)c2)c(I)c1. The molecule has 9 nitrogen and oxygen atoms in total. The number of nitrogens with two attached hydrogens (primary N) is 2. The van der Waals surface area contributed by atoms with Gasteiger partial charge in [-0.1, -0.05) is 0 Å². The van der Waals surface area contributed by atoms with Gasteiger partial charge >= 0.3 is 11.9 Å². The predicted molar refractivity (Wildman–Crippen MR) is 155 cm³/mol. The Morgan fingerprint density at radius 2 is 1.52 bits per heavy atom. The summed E-state index contributed by atoms with van der Waals surface area (Å²) in [4.78, 5) is 34.8. The molecule has 0 aliphatic heterocycles. The Morgan fingerprint density at radius 1 is 0.970 bits per heavy atom. The molecule has 1 amide bonds. The van der Waals surface area contributed by atoms with E-state index in [4.69, 9.17) is 20.9 Å². The molecule has 5 N–H and O–H groups in total. The molecule has 0 aliphatic rings. The maximum atomic E-state index is 12.0. The van der Waals surface area contributed by atoms with Gasteiger partial charge in [0.1, 0.15) is 18.3 Å². The number of amides is 1. The van der Waals surface area contributed by atoms with E-state index in [0.29, 0.717) is 30.8 Å². The second-order valence-corrected chi connectivity index (χ2v) is 11.1. The molecule has 0 radical (unpaired) electrons. The molecule has 0 bridgehead atoms. The van der Waals surface area contributed by atoms with Crippen LogP contribution in [0.1, 0.15) is 5.56 Å². The first kappa shape index (κ1) is 28.7. The Bertz CT molecular complexity index is 1020. The number of hydrogen-bond donors (Lipinski definition) is 3. The molecule has 0 aliphatic carbocycles. The van der Waals surface area contributed by atoms with Crippen molar-refractivity contribution in [3.8, 4) is 17.2 Å². The molecule has 1 atom stereocenters. The molecule has 2 aromatic carbocycles. The summed E-state index contributed by atoms with van der Waals surface area (Å²) in [5, 5.41) is 2.37. The van der Waals surface area contributed by atoms with E-state index in [1.807, 2.05) is 12.1 Å². The van der Waals surface area contributed by atoms with Crippen molar-refractivity contribution in [2.24, 2.45) is 11.5 Å². The van der Waals surface area contributed by atoms with Gasteiger partial charge in [0.05, 0.1) is 27.9 Å². The van der Waals surface area contributed by atoms with Gasteiger partial charge in [-0.15, -0.1) is 0 Å². The number of benzene rings is 2. The van der Waals surface area contributed by atoms with Crippen LogP contribution >= 0.6 is 90.4 Å². The summed E-state index contributed by atoms with van der Waals surface area (Å²) in [6.07, 6.45) is 0.348. The Kier molecular flexibility index (Phi) is 11.8. The van der Waals surface area contributed by atoms with E-state index >= 15 is 0 Å². The normalized spacial score (nSPS) is 11.5. The molecule has 0 heterocycles. The van der Waals surface area contributed by atoms with Crippen LogP contribution < -0.4 is 26.3 Å². The highest BCUT2D eigenvalue weighted by Gasteiger charge is 2.19. The maximum absolute atomic E-state index is 12.0. The van der Waals surface area contributed by atoms with Crippen molar-refractivity contribution in [2.75, 3.05) is 20.2 Å². The standard InChI is InChI=1S/C20H19I4N3O6/c1-31-20(30)15(26)4-9-2-11(21)18(12(22)3-9)32-10-5-13(23)19(14(24)6-10)33-17(29)8-27-16(28)7-25/h2-3,5-6,15H,4,7-8,25-26H2,1H3,(H,27,28)/t15-/m0/s1. The lowest BCUT2D eigenvalue weighted by Gasteiger charge is -2.15. The quantitative estimate of drug-likeness (QED) is 0.198. The van der Waals surface area contributed by atoms with Crippen molar-refractivity contribution in [3.05, 3.63) is 44.1 Å². The minimum Gasteiger partial charge on any atom is -0.468 e. The van der Waals surface area contributed by atoms with Gasteiger partial charge in [0.2, 0.25) is 5.91 Å². The monoisotopic (exact) mass is 905 g/mol. The number of rotatable bonds is 9. The van der Waals surface area contributed by atoms with Crippen molar-refractivity contribution < 1.29 is 28.6 Å². The first-order chi connectivity index (χ1) is 15.5. The summed E-state index contributed by atoms with van der Waals surface area (Å²) in [6.45, 7) is -0.478. The number of carbonyl (C=O) groups excluding carboxylic acids is 3. The molecule has 0 saturated carbocycles. The number of ether oxygens (including phenoxy) is 3. The van der Waals surface area contributed by atoms with Gasteiger partial charge in [-0.2, -0.15) is 0 Å². The highest BCUT2D eigenvalue weighted by Crippen LogP contribution is 2.37. The fraction of sp³-hybridized carbons (Fsp3) is 0.250. The van der Waals surface area contributed by atoms with E-state index in [0.717, 1.165) is 12.7 Å². The fourth-order valence-electron chi connectivity index (χ4n) is 2.52. The largest absolute Gasteiger partial charge is 0.468 e. The van der Waals surface area contributed by atoms with E-state index in [2.05, 4.69) is 100 Å². The number of nitrogens with one attached hydrogen (secondary N) is 1. The minimum absolute atomic E-state index is 0.203. The van der Waals surface area contributed by atoms with Gasteiger partial charge in [-0.3, -0.25) is 9.59 Å². The number of carbonyl (C=O) groups is 3. The zero-order chi connectivity index (χ0) is 24.7. The molecule has 0 saturated heterocycles. The van der Waals surface area contributed by atoms with Crippen LogP contribution in [0.3, 0.4) is 0 Å². The molecule has 2 aromatic rings. The number of halogens is 4. The molecule has 33 heavy (non-hydrogen) atoms. The lowest BCUT2D eigenvalue weighted by atomic mass is 10.1. The van der Waals surface area contributed by atoms with Crippen molar-refractivity contribution >= 4 is 108 Å². The van der Waals surface area contributed by atoms with E-state index in [9.17, 15) is 14.4 Å². The Labute approximate surface area is 245 Å². The van der Waals surface area contributed by atoms with Gasteiger partial charge in [0.15, 0.2) is 11.5 Å². The molecular weight excluding hydrogens is 886 g/mol. The number of hydrogen-bond acceptors (Lipinski definition) is 8. The van der Waals surface area contributed by atoms with E-state index in [1.54, 1.807) is 12.1 Å². The molecule has 178 valence electrons. The van der Waals surface area contributed by atoms with Crippen LogP contribution in [-0.2, 0) is 25.5 Å². The Morgan fingerprint density at radius 3 is 2.03 bits per heavy atom. The average molecular weight is 905 g/mol. The molecule has 13 heteroatoms. The van der Waals surface area contributed by atoms with Crippen LogP contribution in [-0.4, -0.2) is 44.1 Å². The minimum atomic E-state index is -0.740. The third-order valence-electron chi connectivity index (χ3n) is 4.04. The van der Waals surface area contributed by atoms with Gasteiger partial charge in [0, 0.05) is 0 Å². The predicted octanol–water partition coefficient (Wildman–Crippen LogP) is 2.92. The number of methoxy groups -OCH3 is 1. The van der Waals surface area contributed by atoms with E-state index < -0.39 is 23.9 Å². The fourth-order valence-corrected chi connectivity index (χ4v) is 6.57. The van der Waals surface area contributed by atoms with E-state index in [1.165, 1.54) is 7.11 Å². The second kappa shape index (κ2) is 13.5. The van der Waals surface area contributed by atoms with Crippen LogP contribution in [0, 0.1) is 14.3 Å². The first-order valence-electron chi connectivity index (χ1n) is 9.21. The van der Waals surface area contributed by atoms with Crippen LogP contribution in [0.4, 0.5) is 0 Å². The lowest BCUT2D eigenvalue weighted by molar-refractivity contribution is -0.142. The molecule has 2 rings (SSSR count). The molecule has 0 aromatic heterocycles. The lowest BCUT2D eigenvalue weighted by Crippen LogP contribution is -2.36. The first-order valence-corrected chi connectivity index (χ1v) is 13.5. The summed E-state index contributed by atoms with van der Waals surface area (Å²) in [6, 6.07) is 6.56. The zero-order valence-electron chi connectivity index (χ0n) is 17.1. The molecule has 0 unspecified atom stereocenters. The Balaban J connectivity index is 2.17. The van der Waals surface area contributed by atoms with E-state index in [-0.39, 0.29) is 13.1 Å². The summed E-state index contributed by atoms with van der Waals surface area (Å²) in [5.41, 5.74) is 12.0. The third-order valence-corrected chi connectivity index (χ3v) is 7.25. The van der Waals surface area contributed by atoms with Crippen LogP contribution in [0.25, 0.3) is 0 Å². The summed E-state index contributed by atoms with van der Waals surface area (Å²) < 4.78 is 19.2. The van der Waals surface area contributed by atoms with Crippen LogP contribution in [0.2, 0.25) is 0 Å². The average Bonchev–Trinajstić information content (AvgIpc) is 2.76. The summed E-state index contributed by atoms with van der Waals surface area (Å²) in [7, 11) is 1.31. The van der Waals surface area contributed by atoms with Crippen molar-refractivity contribution in [1.82, 2.24) is 5.32 Å². The second-order valence-electron chi connectivity index (χ2n) is 6.50. The maximum Gasteiger partial charge on any atom is 0.330 e. The van der Waals surface area contributed by atoms with Gasteiger partial charge < -0.3 is 31.0 Å².